The summed E-state index contributed by atoms with van der Waals surface area (Å²) in [5.41, 5.74) is 1.32. The van der Waals surface area contributed by atoms with Crippen molar-refractivity contribution in [2.45, 2.75) is 26.1 Å². The second kappa shape index (κ2) is 7.29. The molecule has 3 rings (SSSR count). The van der Waals surface area contributed by atoms with Crippen LogP contribution >= 0.6 is 11.6 Å². The standard InChI is InChI=1S/C16H20ClN5O2/c1-11-6-21(7-12(2)24-11)8-16(23)20-14-5-13(17)3-4-15(14)22-10-18-9-19-22/h3-5,9-12H,6-8H2,1-2H3,(H,20,23)/t11-,12+. The van der Waals surface area contributed by atoms with Crippen LogP contribution in [-0.4, -0.2) is 57.4 Å². The van der Waals surface area contributed by atoms with Crippen molar-refractivity contribution in [2.24, 2.45) is 0 Å². The molecule has 2 atom stereocenters. The van der Waals surface area contributed by atoms with Gasteiger partial charge in [0.05, 0.1) is 30.1 Å². The second-order valence-electron chi connectivity index (χ2n) is 6.00. The number of nitrogens with zero attached hydrogens (tertiary/aromatic N) is 4. The number of hydrogen-bond donors (Lipinski definition) is 1. The zero-order valence-corrected chi connectivity index (χ0v) is 14.4. The van der Waals surface area contributed by atoms with E-state index in [1.54, 1.807) is 29.2 Å². The first kappa shape index (κ1) is 16.9. The Balaban J connectivity index is 1.71. The van der Waals surface area contributed by atoms with Crippen LogP contribution in [0.15, 0.2) is 30.9 Å². The molecule has 1 aliphatic rings. The number of carbonyl (C=O) groups excluding carboxylic acids is 1. The van der Waals surface area contributed by atoms with Gasteiger partial charge in [0.15, 0.2) is 0 Å². The van der Waals surface area contributed by atoms with Crippen molar-refractivity contribution < 1.29 is 9.53 Å². The zero-order valence-electron chi connectivity index (χ0n) is 13.6. The van der Waals surface area contributed by atoms with Crippen LogP contribution in [0.2, 0.25) is 5.02 Å². The lowest BCUT2D eigenvalue weighted by molar-refractivity contribution is -0.121. The summed E-state index contributed by atoms with van der Waals surface area (Å²) in [6, 6.07) is 5.26. The van der Waals surface area contributed by atoms with Crippen molar-refractivity contribution in [3.8, 4) is 5.69 Å². The van der Waals surface area contributed by atoms with Crippen LogP contribution < -0.4 is 5.32 Å². The Morgan fingerprint density at radius 2 is 2.12 bits per heavy atom. The Hall–Kier alpha value is -1.96. The minimum absolute atomic E-state index is 0.0973. The van der Waals surface area contributed by atoms with Gasteiger partial charge in [-0.25, -0.2) is 9.67 Å². The number of amides is 1. The fraction of sp³-hybridized carbons (Fsp3) is 0.438. The number of nitrogens with one attached hydrogen (secondary N) is 1. The minimum Gasteiger partial charge on any atom is -0.373 e. The van der Waals surface area contributed by atoms with Gasteiger partial charge in [-0.1, -0.05) is 11.6 Å². The van der Waals surface area contributed by atoms with E-state index >= 15 is 0 Å². The van der Waals surface area contributed by atoms with Crippen molar-refractivity contribution in [3.05, 3.63) is 35.9 Å². The van der Waals surface area contributed by atoms with E-state index in [-0.39, 0.29) is 18.1 Å². The molecule has 7 nitrogen and oxygen atoms in total. The normalized spacial score (nSPS) is 21.6. The number of carbonyl (C=O) groups is 1. The average molecular weight is 350 g/mol. The maximum atomic E-state index is 12.4. The van der Waals surface area contributed by atoms with Crippen LogP contribution in [0.25, 0.3) is 5.69 Å². The quantitative estimate of drug-likeness (QED) is 0.913. The van der Waals surface area contributed by atoms with Crippen molar-refractivity contribution >= 4 is 23.2 Å². The average Bonchev–Trinajstić information content (AvgIpc) is 3.00. The van der Waals surface area contributed by atoms with Gasteiger partial charge in [0, 0.05) is 18.1 Å². The van der Waals surface area contributed by atoms with E-state index in [1.165, 1.54) is 6.33 Å². The topological polar surface area (TPSA) is 72.3 Å². The van der Waals surface area contributed by atoms with Crippen LogP contribution in [0.4, 0.5) is 5.69 Å². The molecule has 1 aliphatic heterocycles. The van der Waals surface area contributed by atoms with Gasteiger partial charge in [-0.2, -0.15) is 5.10 Å². The van der Waals surface area contributed by atoms with Gasteiger partial charge in [-0.3, -0.25) is 9.69 Å². The Bertz CT molecular complexity index is 696. The highest BCUT2D eigenvalue weighted by Crippen LogP contribution is 2.24. The molecule has 1 saturated heterocycles. The van der Waals surface area contributed by atoms with Gasteiger partial charge in [0.1, 0.15) is 12.7 Å². The van der Waals surface area contributed by atoms with Crippen LogP contribution in [0.1, 0.15) is 13.8 Å². The number of aromatic nitrogens is 3. The number of rotatable bonds is 4. The predicted molar refractivity (Wildman–Crippen MR) is 91.4 cm³/mol. The number of morpholine rings is 1. The summed E-state index contributed by atoms with van der Waals surface area (Å²) in [5.74, 6) is -0.0973. The van der Waals surface area contributed by atoms with Crippen molar-refractivity contribution in [2.75, 3.05) is 25.0 Å². The smallest absolute Gasteiger partial charge is 0.238 e. The van der Waals surface area contributed by atoms with E-state index in [2.05, 4.69) is 20.3 Å². The molecule has 1 aromatic heterocycles. The van der Waals surface area contributed by atoms with Gasteiger partial charge in [0.2, 0.25) is 5.91 Å². The van der Waals surface area contributed by atoms with Gasteiger partial charge in [0.25, 0.3) is 0 Å². The van der Waals surface area contributed by atoms with Gasteiger partial charge >= 0.3 is 0 Å². The summed E-state index contributed by atoms with van der Waals surface area (Å²) in [7, 11) is 0. The molecule has 0 aliphatic carbocycles. The molecule has 0 bridgehead atoms. The summed E-state index contributed by atoms with van der Waals surface area (Å²) in [6.45, 7) is 5.81. The molecule has 1 aromatic carbocycles. The van der Waals surface area contributed by atoms with Gasteiger partial charge < -0.3 is 10.1 Å². The molecule has 1 fully saturated rings. The lowest BCUT2D eigenvalue weighted by Crippen LogP contribution is -2.48. The summed E-state index contributed by atoms with van der Waals surface area (Å²) in [4.78, 5) is 18.5. The third-order valence-electron chi connectivity index (χ3n) is 3.76. The Labute approximate surface area is 145 Å². The highest BCUT2D eigenvalue weighted by molar-refractivity contribution is 6.31. The van der Waals surface area contributed by atoms with Crippen molar-refractivity contribution in [1.29, 1.82) is 0 Å². The Morgan fingerprint density at radius 3 is 2.79 bits per heavy atom. The number of benzene rings is 1. The molecular formula is C16H20ClN5O2. The summed E-state index contributed by atoms with van der Waals surface area (Å²) < 4.78 is 7.28. The highest BCUT2D eigenvalue weighted by atomic mass is 35.5. The summed E-state index contributed by atoms with van der Waals surface area (Å²) >= 11 is 6.07. The molecule has 128 valence electrons. The highest BCUT2D eigenvalue weighted by Gasteiger charge is 2.24. The third kappa shape index (κ3) is 4.11. The maximum Gasteiger partial charge on any atom is 0.238 e. The van der Waals surface area contributed by atoms with Crippen molar-refractivity contribution in [1.82, 2.24) is 19.7 Å². The Kier molecular flexibility index (Phi) is 5.13. The van der Waals surface area contributed by atoms with Crippen LogP contribution in [0.3, 0.4) is 0 Å². The number of ether oxygens (including phenoxy) is 1. The molecule has 1 amide bonds. The maximum absolute atomic E-state index is 12.4. The van der Waals surface area contributed by atoms with Crippen molar-refractivity contribution in [3.63, 3.8) is 0 Å². The number of halogens is 1. The lowest BCUT2D eigenvalue weighted by atomic mass is 10.2. The van der Waals surface area contributed by atoms with Crippen LogP contribution in [0, 0.1) is 0 Å². The first-order valence-electron chi connectivity index (χ1n) is 7.83. The predicted octanol–water partition coefficient (Wildman–Crippen LogP) is 1.97. The monoisotopic (exact) mass is 349 g/mol. The second-order valence-corrected chi connectivity index (χ2v) is 6.44. The molecule has 1 N–H and O–H groups in total. The van der Waals surface area contributed by atoms with Gasteiger partial charge in [-0.15, -0.1) is 0 Å². The first-order valence-corrected chi connectivity index (χ1v) is 8.21. The van der Waals surface area contributed by atoms with Crippen LogP contribution in [-0.2, 0) is 9.53 Å². The fourth-order valence-corrected chi connectivity index (χ4v) is 3.12. The molecule has 0 saturated carbocycles. The van der Waals surface area contributed by atoms with Crippen LogP contribution in [0.5, 0.6) is 0 Å². The van der Waals surface area contributed by atoms with E-state index in [0.717, 1.165) is 13.1 Å². The third-order valence-corrected chi connectivity index (χ3v) is 4.00. The van der Waals surface area contributed by atoms with E-state index in [1.807, 2.05) is 13.8 Å². The molecule has 2 aromatic rings. The molecule has 24 heavy (non-hydrogen) atoms. The summed E-state index contributed by atoms with van der Waals surface area (Å²) in [6.07, 6.45) is 3.26. The lowest BCUT2D eigenvalue weighted by Gasteiger charge is -2.34. The SMILES string of the molecule is C[C@@H]1CN(CC(=O)Nc2cc(Cl)ccc2-n2cncn2)C[C@H](C)O1. The summed E-state index contributed by atoms with van der Waals surface area (Å²) in [5, 5.41) is 7.57. The van der Waals surface area contributed by atoms with E-state index < -0.39 is 0 Å². The molecule has 2 heterocycles. The van der Waals surface area contributed by atoms with E-state index in [4.69, 9.17) is 16.3 Å². The van der Waals surface area contributed by atoms with E-state index in [0.29, 0.717) is 22.9 Å². The molecule has 8 heteroatoms. The molecule has 0 spiro atoms. The molecule has 0 unspecified atom stereocenters. The fourth-order valence-electron chi connectivity index (χ4n) is 2.95. The first-order chi connectivity index (χ1) is 11.5. The molecule has 0 radical (unpaired) electrons. The number of anilines is 1. The Morgan fingerprint density at radius 1 is 1.38 bits per heavy atom. The molecular weight excluding hydrogens is 330 g/mol. The minimum atomic E-state index is -0.0973. The largest absolute Gasteiger partial charge is 0.373 e. The zero-order chi connectivity index (χ0) is 17.1. The van der Waals surface area contributed by atoms with Gasteiger partial charge in [-0.05, 0) is 32.0 Å². The number of hydrogen-bond acceptors (Lipinski definition) is 5. The van der Waals surface area contributed by atoms with E-state index in [9.17, 15) is 4.79 Å².